The van der Waals surface area contributed by atoms with E-state index in [2.05, 4.69) is 0 Å². The van der Waals surface area contributed by atoms with E-state index >= 15 is 0 Å². The Balaban J connectivity index is 2.51. The molecule has 0 amide bonds. The molecule has 1 aliphatic rings. The quantitative estimate of drug-likeness (QED) is 0.488. The fraction of sp³-hybridized carbons (Fsp3) is 1.00. The highest BCUT2D eigenvalue weighted by Crippen LogP contribution is 2.21. The molecule has 1 aliphatic heterocycles. The first-order chi connectivity index (χ1) is 5.70. The molecule has 0 aromatic rings. The van der Waals surface area contributed by atoms with Crippen LogP contribution in [0.25, 0.3) is 0 Å². The molecule has 1 heterocycles. The van der Waals surface area contributed by atoms with Gasteiger partial charge in [0, 0.05) is 6.61 Å². The number of hydrogen-bond donors (Lipinski definition) is 3. The molecule has 0 bridgehead atoms. The molecule has 5 nitrogen and oxygen atoms in total. The number of ether oxygens (including phenoxy) is 2. The Bertz CT molecular complexity index is 140. The van der Waals surface area contributed by atoms with Crippen LogP contribution in [-0.2, 0) is 9.47 Å². The molecule has 0 saturated carbocycles. The molecule has 1 fully saturated rings. The zero-order chi connectivity index (χ0) is 9.14. The van der Waals surface area contributed by atoms with E-state index in [1.54, 1.807) is 6.92 Å². The molecule has 0 aromatic heterocycles. The second-order valence-electron chi connectivity index (χ2n) is 2.66. The topological polar surface area (TPSA) is 79.2 Å². The van der Waals surface area contributed by atoms with Crippen LogP contribution in [0.3, 0.4) is 0 Å². The minimum atomic E-state index is -1.14. The van der Waals surface area contributed by atoms with Crippen molar-refractivity contribution in [2.24, 2.45) is 0 Å². The van der Waals surface area contributed by atoms with Gasteiger partial charge in [0.15, 0.2) is 6.29 Å². The molecule has 0 aliphatic carbocycles. The highest BCUT2D eigenvalue weighted by atomic mass is 16.7. The largest absolute Gasteiger partial charge is 0.394 e. The third-order valence-electron chi connectivity index (χ3n) is 1.85. The van der Waals surface area contributed by atoms with Gasteiger partial charge in [0.2, 0.25) is 0 Å². The molecule has 1 saturated heterocycles. The van der Waals surface area contributed by atoms with Gasteiger partial charge in [-0.25, -0.2) is 0 Å². The van der Waals surface area contributed by atoms with Crippen molar-refractivity contribution in [3.63, 3.8) is 0 Å². The van der Waals surface area contributed by atoms with E-state index < -0.39 is 24.6 Å². The Kier molecular flexibility index (Phi) is 3.42. The second-order valence-corrected chi connectivity index (χ2v) is 2.66. The first-order valence-corrected chi connectivity index (χ1v) is 3.94. The molecule has 12 heavy (non-hydrogen) atoms. The Morgan fingerprint density at radius 2 is 2.08 bits per heavy atom. The summed E-state index contributed by atoms with van der Waals surface area (Å²) in [5.74, 6) is 0. The maximum atomic E-state index is 9.38. The molecule has 0 radical (unpaired) electrons. The zero-order valence-electron chi connectivity index (χ0n) is 6.88. The van der Waals surface area contributed by atoms with E-state index in [1.807, 2.05) is 0 Å². The average Bonchev–Trinajstić information content (AvgIpc) is 2.32. The predicted octanol–water partition coefficient (Wildman–Crippen LogP) is -1.54. The van der Waals surface area contributed by atoms with E-state index in [9.17, 15) is 10.2 Å². The zero-order valence-corrected chi connectivity index (χ0v) is 6.88. The molecule has 4 atom stereocenters. The van der Waals surface area contributed by atoms with Crippen LogP contribution in [0.5, 0.6) is 0 Å². The maximum Gasteiger partial charge on any atom is 0.184 e. The summed E-state index contributed by atoms with van der Waals surface area (Å²) in [5, 5.41) is 27.2. The van der Waals surface area contributed by atoms with Crippen LogP contribution in [0.1, 0.15) is 6.92 Å². The first-order valence-electron chi connectivity index (χ1n) is 3.94. The van der Waals surface area contributed by atoms with Gasteiger partial charge >= 0.3 is 0 Å². The third-order valence-corrected chi connectivity index (χ3v) is 1.85. The summed E-state index contributed by atoms with van der Waals surface area (Å²) in [6.07, 6.45) is -3.58. The van der Waals surface area contributed by atoms with Crippen LogP contribution in [0.4, 0.5) is 0 Å². The van der Waals surface area contributed by atoms with E-state index in [4.69, 9.17) is 14.6 Å². The van der Waals surface area contributed by atoms with Crippen molar-refractivity contribution < 1.29 is 24.8 Å². The van der Waals surface area contributed by atoms with Gasteiger partial charge in [-0.2, -0.15) is 0 Å². The Labute approximate surface area is 70.5 Å². The number of aliphatic hydroxyl groups excluding tert-OH is 3. The van der Waals surface area contributed by atoms with Gasteiger partial charge in [-0.3, -0.25) is 0 Å². The van der Waals surface area contributed by atoms with E-state index in [1.165, 1.54) is 0 Å². The van der Waals surface area contributed by atoms with Crippen molar-refractivity contribution >= 4 is 0 Å². The molecule has 0 aromatic carbocycles. The monoisotopic (exact) mass is 178 g/mol. The van der Waals surface area contributed by atoms with Crippen LogP contribution in [0.2, 0.25) is 0 Å². The maximum absolute atomic E-state index is 9.38. The summed E-state index contributed by atoms with van der Waals surface area (Å²) in [5.41, 5.74) is 0. The minimum Gasteiger partial charge on any atom is -0.394 e. The fourth-order valence-electron chi connectivity index (χ4n) is 1.24. The Hall–Kier alpha value is -0.200. The van der Waals surface area contributed by atoms with Crippen LogP contribution in [0, 0.1) is 0 Å². The van der Waals surface area contributed by atoms with Crippen molar-refractivity contribution in [1.29, 1.82) is 0 Å². The van der Waals surface area contributed by atoms with Crippen molar-refractivity contribution in [2.45, 2.75) is 31.5 Å². The normalized spacial score (nSPS) is 42.0. The Morgan fingerprint density at radius 1 is 1.42 bits per heavy atom. The standard InChI is InChI=1S/C7H14O5/c1-2-11-6-5(9)4(3-8)12-7(6)10/h4-10H,2-3H2,1H3. The summed E-state index contributed by atoms with van der Waals surface area (Å²) in [7, 11) is 0. The van der Waals surface area contributed by atoms with Crippen molar-refractivity contribution in [1.82, 2.24) is 0 Å². The summed E-state index contributed by atoms with van der Waals surface area (Å²) < 4.78 is 9.84. The van der Waals surface area contributed by atoms with E-state index in [0.717, 1.165) is 0 Å². The summed E-state index contributed by atoms with van der Waals surface area (Å²) >= 11 is 0. The molecular formula is C7H14O5. The van der Waals surface area contributed by atoms with Gasteiger partial charge in [0.05, 0.1) is 6.61 Å². The molecule has 1 rings (SSSR count). The smallest absolute Gasteiger partial charge is 0.184 e. The van der Waals surface area contributed by atoms with Gasteiger partial charge in [-0.15, -0.1) is 0 Å². The van der Waals surface area contributed by atoms with Crippen LogP contribution >= 0.6 is 0 Å². The number of hydrogen-bond acceptors (Lipinski definition) is 5. The average molecular weight is 178 g/mol. The second kappa shape index (κ2) is 4.15. The summed E-state index contributed by atoms with van der Waals surface area (Å²) in [6.45, 7) is 1.83. The van der Waals surface area contributed by atoms with Crippen LogP contribution in [0.15, 0.2) is 0 Å². The highest BCUT2D eigenvalue weighted by Gasteiger charge is 2.42. The summed E-state index contributed by atoms with van der Waals surface area (Å²) in [6, 6.07) is 0. The summed E-state index contributed by atoms with van der Waals surface area (Å²) in [4.78, 5) is 0. The lowest BCUT2D eigenvalue weighted by atomic mass is 10.1. The first kappa shape index (κ1) is 9.88. The van der Waals surface area contributed by atoms with Gasteiger partial charge in [0.25, 0.3) is 0 Å². The van der Waals surface area contributed by atoms with Crippen molar-refractivity contribution in [2.75, 3.05) is 13.2 Å². The lowest BCUT2D eigenvalue weighted by Crippen LogP contribution is -2.36. The van der Waals surface area contributed by atoms with Gasteiger partial charge in [-0.1, -0.05) is 0 Å². The third kappa shape index (κ3) is 1.75. The van der Waals surface area contributed by atoms with Crippen LogP contribution < -0.4 is 0 Å². The lowest BCUT2D eigenvalue weighted by Gasteiger charge is -2.16. The Morgan fingerprint density at radius 3 is 2.50 bits per heavy atom. The van der Waals surface area contributed by atoms with Crippen LogP contribution in [-0.4, -0.2) is 53.1 Å². The number of rotatable bonds is 3. The molecule has 5 heteroatoms. The SMILES string of the molecule is CCOC1C(O)OC(CO)C1O. The van der Waals surface area contributed by atoms with E-state index in [0.29, 0.717) is 6.61 Å². The molecular weight excluding hydrogens is 164 g/mol. The van der Waals surface area contributed by atoms with Crippen molar-refractivity contribution in [3.05, 3.63) is 0 Å². The predicted molar refractivity (Wildman–Crippen MR) is 39.4 cm³/mol. The van der Waals surface area contributed by atoms with Gasteiger partial charge in [-0.05, 0) is 6.92 Å². The van der Waals surface area contributed by atoms with Gasteiger partial charge < -0.3 is 24.8 Å². The minimum absolute atomic E-state index is 0.318. The van der Waals surface area contributed by atoms with E-state index in [-0.39, 0.29) is 6.61 Å². The molecule has 0 spiro atoms. The molecule has 72 valence electrons. The highest BCUT2D eigenvalue weighted by molar-refractivity contribution is 4.86. The van der Waals surface area contributed by atoms with Gasteiger partial charge in [0.1, 0.15) is 18.3 Å². The van der Waals surface area contributed by atoms with Crippen molar-refractivity contribution in [3.8, 4) is 0 Å². The lowest BCUT2D eigenvalue weighted by molar-refractivity contribution is -0.145. The molecule has 4 unspecified atom stereocenters. The fourth-order valence-corrected chi connectivity index (χ4v) is 1.24. The number of aliphatic hydroxyl groups is 3. The molecule has 3 N–H and O–H groups in total.